The van der Waals surface area contributed by atoms with Crippen LogP contribution in [0.5, 0.6) is 5.75 Å². The van der Waals surface area contributed by atoms with Crippen LogP contribution in [0.4, 0.5) is 5.69 Å². The van der Waals surface area contributed by atoms with Gasteiger partial charge in [0.05, 0.1) is 0 Å². The van der Waals surface area contributed by atoms with Crippen LogP contribution in [0.25, 0.3) is 0 Å². The predicted octanol–water partition coefficient (Wildman–Crippen LogP) is 1.87. The van der Waals surface area contributed by atoms with Crippen molar-refractivity contribution in [1.29, 1.82) is 0 Å². The van der Waals surface area contributed by atoms with Gasteiger partial charge in [-0.05, 0) is 51.9 Å². The van der Waals surface area contributed by atoms with Crippen LogP contribution >= 0.6 is 0 Å². The summed E-state index contributed by atoms with van der Waals surface area (Å²) in [5.41, 5.74) is 0.700. The van der Waals surface area contributed by atoms with Crippen LogP contribution in [0, 0.1) is 5.92 Å². The Kier molecular flexibility index (Phi) is 7.06. The van der Waals surface area contributed by atoms with Gasteiger partial charge in [-0.1, -0.05) is 6.07 Å². The Balaban J connectivity index is 1.88. The minimum absolute atomic E-state index is 0.00732. The van der Waals surface area contributed by atoms with Crippen LogP contribution in [0.1, 0.15) is 26.7 Å². The maximum Gasteiger partial charge on any atom is 0.260 e. The van der Waals surface area contributed by atoms with Gasteiger partial charge in [-0.25, -0.2) is 0 Å². The van der Waals surface area contributed by atoms with Gasteiger partial charge in [-0.2, -0.15) is 0 Å². The Labute approximate surface area is 143 Å². The predicted molar refractivity (Wildman–Crippen MR) is 94.1 cm³/mol. The van der Waals surface area contributed by atoms with E-state index in [2.05, 4.69) is 10.6 Å². The third kappa shape index (κ3) is 5.23. The van der Waals surface area contributed by atoms with Crippen molar-refractivity contribution in [2.45, 2.75) is 26.7 Å². The number of hydrogen-bond donors (Lipinski definition) is 2. The molecule has 2 amide bonds. The number of ether oxygens (including phenoxy) is 1. The summed E-state index contributed by atoms with van der Waals surface area (Å²) in [6.07, 6.45) is 1.72. The monoisotopic (exact) mass is 333 g/mol. The highest BCUT2D eigenvalue weighted by atomic mass is 16.5. The number of nitrogens with zero attached hydrogens (tertiary/aromatic N) is 1. The van der Waals surface area contributed by atoms with E-state index in [9.17, 15) is 9.59 Å². The number of piperidine rings is 1. The first-order valence-electron chi connectivity index (χ1n) is 8.66. The highest BCUT2D eigenvalue weighted by molar-refractivity contribution is 5.92. The molecule has 0 aromatic heterocycles. The smallest absolute Gasteiger partial charge is 0.260 e. The molecule has 1 aromatic carbocycles. The van der Waals surface area contributed by atoms with Gasteiger partial charge in [-0.15, -0.1) is 0 Å². The van der Waals surface area contributed by atoms with Crippen molar-refractivity contribution in [2.75, 3.05) is 38.1 Å². The summed E-state index contributed by atoms with van der Waals surface area (Å²) < 4.78 is 5.57. The van der Waals surface area contributed by atoms with Crippen LogP contribution in [0.2, 0.25) is 0 Å². The third-order valence-electron chi connectivity index (χ3n) is 4.29. The summed E-state index contributed by atoms with van der Waals surface area (Å²) in [5.74, 6) is 0.649. The molecule has 0 bridgehead atoms. The van der Waals surface area contributed by atoms with Gasteiger partial charge in [0.2, 0.25) is 5.91 Å². The van der Waals surface area contributed by atoms with Crippen molar-refractivity contribution in [2.24, 2.45) is 5.92 Å². The number of anilines is 1. The minimum Gasteiger partial charge on any atom is -0.484 e. The Bertz CT molecular complexity index is 552. The van der Waals surface area contributed by atoms with Gasteiger partial charge in [0.1, 0.15) is 5.75 Å². The van der Waals surface area contributed by atoms with E-state index in [1.54, 1.807) is 17.0 Å². The molecule has 1 aliphatic rings. The number of benzene rings is 1. The van der Waals surface area contributed by atoms with Crippen molar-refractivity contribution in [1.82, 2.24) is 10.2 Å². The molecule has 1 aromatic rings. The quantitative estimate of drug-likeness (QED) is 0.799. The lowest BCUT2D eigenvalue weighted by Gasteiger charge is -2.22. The number of carbonyl (C=O) groups excluding carboxylic acids is 2. The van der Waals surface area contributed by atoms with Crippen LogP contribution < -0.4 is 15.4 Å². The molecule has 24 heavy (non-hydrogen) atoms. The number of rotatable bonds is 7. The van der Waals surface area contributed by atoms with Crippen LogP contribution in [-0.4, -0.2) is 49.5 Å². The lowest BCUT2D eigenvalue weighted by Crippen LogP contribution is -2.34. The van der Waals surface area contributed by atoms with E-state index in [0.29, 0.717) is 24.5 Å². The van der Waals surface area contributed by atoms with Gasteiger partial charge in [0, 0.05) is 30.8 Å². The molecule has 132 valence electrons. The summed E-state index contributed by atoms with van der Waals surface area (Å²) in [6.45, 7) is 7.00. The maximum atomic E-state index is 12.3. The molecule has 0 spiro atoms. The average molecular weight is 333 g/mol. The van der Waals surface area contributed by atoms with Gasteiger partial charge in [-0.3, -0.25) is 9.59 Å². The molecule has 1 heterocycles. The van der Waals surface area contributed by atoms with E-state index in [1.165, 1.54) is 0 Å². The standard InChI is InChI=1S/C18H27N3O3/c1-3-21(4-2)17(22)13-24-16-7-5-6-15(12-16)20-18(23)14-8-10-19-11-9-14/h5-7,12,14,19H,3-4,8-11,13H2,1-2H3,(H,20,23). The van der Waals surface area contributed by atoms with Crippen molar-refractivity contribution in [3.63, 3.8) is 0 Å². The van der Waals surface area contributed by atoms with E-state index in [1.807, 2.05) is 26.0 Å². The van der Waals surface area contributed by atoms with Gasteiger partial charge in [0.25, 0.3) is 5.91 Å². The van der Waals surface area contributed by atoms with Crippen molar-refractivity contribution in [3.8, 4) is 5.75 Å². The fourth-order valence-corrected chi connectivity index (χ4v) is 2.80. The van der Waals surface area contributed by atoms with Crippen LogP contribution in [0.3, 0.4) is 0 Å². The van der Waals surface area contributed by atoms with Crippen LogP contribution in [-0.2, 0) is 9.59 Å². The molecule has 0 aliphatic carbocycles. The molecule has 1 aliphatic heterocycles. The third-order valence-corrected chi connectivity index (χ3v) is 4.29. The van der Waals surface area contributed by atoms with E-state index >= 15 is 0 Å². The molecule has 0 atom stereocenters. The molecule has 1 saturated heterocycles. The summed E-state index contributed by atoms with van der Waals surface area (Å²) in [6, 6.07) is 7.19. The Morgan fingerprint density at radius 2 is 1.96 bits per heavy atom. The summed E-state index contributed by atoms with van der Waals surface area (Å²) in [5, 5.41) is 6.20. The fraction of sp³-hybridized carbons (Fsp3) is 0.556. The largest absolute Gasteiger partial charge is 0.484 e. The number of hydrogen-bond acceptors (Lipinski definition) is 4. The minimum atomic E-state index is -0.0378. The Morgan fingerprint density at radius 3 is 2.62 bits per heavy atom. The summed E-state index contributed by atoms with van der Waals surface area (Å²) in [4.78, 5) is 26.0. The molecular weight excluding hydrogens is 306 g/mol. The number of amides is 2. The molecule has 6 heteroatoms. The second-order valence-electron chi connectivity index (χ2n) is 5.90. The highest BCUT2D eigenvalue weighted by Crippen LogP contribution is 2.20. The number of nitrogens with one attached hydrogen (secondary N) is 2. The molecule has 0 radical (unpaired) electrons. The summed E-state index contributed by atoms with van der Waals surface area (Å²) in [7, 11) is 0. The first-order valence-corrected chi connectivity index (χ1v) is 8.66. The lowest BCUT2D eigenvalue weighted by molar-refractivity contribution is -0.133. The van der Waals surface area contributed by atoms with E-state index in [4.69, 9.17) is 4.74 Å². The lowest BCUT2D eigenvalue weighted by atomic mass is 9.97. The van der Waals surface area contributed by atoms with Crippen molar-refractivity contribution in [3.05, 3.63) is 24.3 Å². The fourth-order valence-electron chi connectivity index (χ4n) is 2.80. The second-order valence-corrected chi connectivity index (χ2v) is 5.90. The number of carbonyl (C=O) groups is 2. The zero-order chi connectivity index (χ0) is 17.4. The molecule has 6 nitrogen and oxygen atoms in total. The normalized spacial score (nSPS) is 14.9. The zero-order valence-electron chi connectivity index (χ0n) is 14.5. The van der Waals surface area contributed by atoms with Crippen LogP contribution in [0.15, 0.2) is 24.3 Å². The Hall–Kier alpha value is -2.08. The summed E-state index contributed by atoms with van der Waals surface area (Å²) >= 11 is 0. The molecule has 0 unspecified atom stereocenters. The van der Waals surface area contributed by atoms with Gasteiger partial charge in [0.15, 0.2) is 6.61 Å². The highest BCUT2D eigenvalue weighted by Gasteiger charge is 2.21. The SMILES string of the molecule is CCN(CC)C(=O)COc1cccc(NC(=O)C2CCNCC2)c1. The molecule has 1 fully saturated rings. The average Bonchev–Trinajstić information content (AvgIpc) is 2.62. The number of likely N-dealkylation sites (N-methyl/N-ethyl adjacent to an activating group) is 1. The van der Waals surface area contributed by atoms with Crippen molar-refractivity contribution >= 4 is 17.5 Å². The van der Waals surface area contributed by atoms with Gasteiger partial charge < -0.3 is 20.3 Å². The van der Waals surface area contributed by atoms with Crippen molar-refractivity contribution < 1.29 is 14.3 Å². The Morgan fingerprint density at radius 1 is 1.25 bits per heavy atom. The molecule has 0 saturated carbocycles. The first-order chi connectivity index (χ1) is 11.6. The second kappa shape index (κ2) is 9.27. The van der Waals surface area contributed by atoms with E-state index in [-0.39, 0.29) is 24.3 Å². The van der Waals surface area contributed by atoms with Gasteiger partial charge >= 0.3 is 0 Å². The van der Waals surface area contributed by atoms with E-state index in [0.717, 1.165) is 25.9 Å². The zero-order valence-corrected chi connectivity index (χ0v) is 14.5. The van der Waals surface area contributed by atoms with E-state index < -0.39 is 0 Å². The topological polar surface area (TPSA) is 70.7 Å². The molecular formula is C18H27N3O3. The molecule has 2 N–H and O–H groups in total. The molecule has 2 rings (SSSR count). The maximum absolute atomic E-state index is 12.3. The first kappa shape index (κ1) is 18.3.